The second kappa shape index (κ2) is 6.34. The van der Waals surface area contributed by atoms with Gasteiger partial charge < -0.3 is 4.74 Å². The zero-order chi connectivity index (χ0) is 18.0. The minimum Gasteiger partial charge on any atom is -0.406 e. The molecule has 0 bridgehead atoms. The van der Waals surface area contributed by atoms with Gasteiger partial charge in [0.15, 0.2) is 5.69 Å². The van der Waals surface area contributed by atoms with Crippen LogP contribution in [-0.4, -0.2) is 41.9 Å². The molecular weight excluding hydrogens is 341 g/mol. The topological polar surface area (TPSA) is 87.7 Å². The van der Waals surface area contributed by atoms with Gasteiger partial charge in [-0.25, -0.2) is 14.3 Å². The summed E-state index contributed by atoms with van der Waals surface area (Å²) in [6.45, 7) is 1.64. The van der Waals surface area contributed by atoms with E-state index in [0.29, 0.717) is 5.69 Å². The predicted octanol–water partition coefficient (Wildman–Crippen LogP) is 2.20. The van der Waals surface area contributed by atoms with Crippen LogP contribution in [0, 0.1) is 0 Å². The van der Waals surface area contributed by atoms with Crippen LogP contribution in [0.1, 0.15) is 23.5 Å². The fourth-order valence-electron chi connectivity index (χ4n) is 2.05. The van der Waals surface area contributed by atoms with Crippen molar-refractivity contribution in [2.75, 3.05) is 0 Å². The molecule has 1 aromatic carbocycles. The third kappa shape index (κ3) is 3.82. The summed E-state index contributed by atoms with van der Waals surface area (Å²) in [4.78, 5) is 16.1. The number of nitrogens with zero attached hydrogens (tertiary/aromatic N) is 6. The molecule has 0 amide bonds. The molecule has 0 saturated carbocycles. The molecule has 11 heteroatoms. The summed E-state index contributed by atoms with van der Waals surface area (Å²) in [5, 5.41) is 11.5. The summed E-state index contributed by atoms with van der Waals surface area (Å²) >= 11 is 0. The molecule has 0 radical (unpaired) electrons. The molecule has 2 heterocycles. The van der Waals surface area contributed by atoms with Crippen LogP contribution in [0.25, 0.3) is 5.69 Å². The first-order valence-electron chi connectivity index (χ1n) is 7.00. The van der Waals surface area contributed by atoms with E-state index in [9.17, 15) is 18.0 Å². The summed E-state index contributed by atoms with van der Waals surface area (Å²) in [5.74, 6) is -0.679. The van der Waals surface area contributed by atoms with E-state index in [1.807, 2.05) is 0 Å². The number of ether oxygens (including phenoxy) is 1. The Kier molecular flexibility index (Phi) is 4.21. The normalized spacial score (nSPS) is 12.8. The van der Waals surface area contributed by atoms with E-state index in [2.05, 4.69) is 25.1 Å². The maximum atomic E-state index is 12.3. The third-order valence-electron chi connectivity index (χ3n) is 3.29. The van der Waals surface area contributed by atoms with E-state index in [1.54, 1.807) is 6.92 Å². The van der Waals surface area contributed by atoms with Gasteiger partial charge >= 0.3 is 6.36 Å². The fourth-order valence-corrected chi connectivity index (χ4v) is 2.05. The summed E-state index contributed by atoms with van der Waals surface area (Å²) in [7, 11) is 0. The van der Waals surface area contributed by atoms with E-state index < -0.39 is 12.4 Å². The van der Waals surface area contributed by atoms with Crippen LogP contribution < -0.4 is 4.74 Å². The number of hydrogen-bond donors (Lipinski definition) is 0. The quantitative estimate of drug-likeness (QED) is 0.654. The maximum Gasteiger partial charge on any atom is 0.573 e. The van der Waals surface area contributed by atoms with E-state index in [-0.39, 0.29) is 17.2 Å². The number of alkyl halides is 3. The van der Waals surface area contributed by atoms with Gasteiger partial charge in [0.1, 0.15) is 24.4 Å². The molecule has 3 rings (SSSR count). The molecule has 25 heavy (non-hydrogen) atoms. The second-order valence-corrected chi connectivity index (χ2v) is 5.01. The van der Waals surface area contributed by atoms with Crippen LogP contribution in [-0.2, 0) is 0 Å². The van der Waals surface area contributed by atoms with Crippen molar-refractivity contribution < 1.29 is 22.7 Å². The van der Waals surface area contributed by atoms with Gasteiger partial charge in [-0.1, -0.05) is 5.21 Å². The molecule has 0 spiro atoms. The van der Waals surface area contributed by atoms with E-state index in [4.69, 9.17) is 0 Å². The number of hydrogen-bond acceptors (Lipinski definition) is 6. The maximum absolute atomic E-state index is 12.3. The summed E-state index contributed by atoms with van der Waals surface area (Å²) < 4.78 is 42.9. The molecule has 0 aliphatic carbocycles. The number of benzene rings is 1. The van der Waals surface area contributed by atoms with Crippen molar-refractivity contribution in [3.63, 3.8) is 0 Å². The number of aromatic nitrogens is 6. The fraction of sp³-hybridized carbons (Fsp3) is 0.214. The molecule has 8 nitrogen and oxygen atoms in total. The van der Waals surface area contributed by atoms with Crippen molar-refractivity contribution in [3.8, 4) is 11.4 Å². The molecule has 2 aromatic heterocycles. The molecule has 0 aliphatic heterocycles. The van der Waals surface area contributed by atoms with E-state index in [0.717, 1.165) is 12.1 Å². The lowest BCUT2D eigenvalue weighted by Crippen LogP contribution is -2.17. The van der Waals surface area contributed by atoms with Crippen molar-refractivity contribution in [1.82, 2.24) is 29.8 Å². The monoisotopic (exact) mass is 352 g/mol. The molecule has 0 unspecified atom stereocenters. The SMILES string of the molecule is C[C@H](C(=O)c1cn(-c2ccc(OC(F)(F)F)cc2)nn1)n1cncn1. The molecule has 3 aromatic rings. The number of Topliss-reactive ketones (excluding diaryl/α,β-unsaturated/α-hetero) is 1. The van der Waals surface area contributed by atoms with Gasteiger partial charge in [0, 0.05) is 0 Å². The average molecular weight is 352 g/mol. The molecule has 0 N–H and O–H groups in total. The standard InChI is InChI=1S/C14H11F3N6O2/c1-9(23-8-18-7-19-23)13(24)12-6-22(21-20-12)10-2-4-11(5-3-10)25-14(15,16)17/h2-9H,1H3/t9-/m1/s1. The van der Waals surface area contributed by atoms with Crippen molar-refractivity contribution in [2.24, 2.45) is 0 Å². The van der Waals surface area contributed by atoms with Crippen molar-refractivity contribution in [2.45, 2.75) is 19.3 Å². The first kappa shape index (κ1) is 16.6. The van der Waals surface area contributed by atoms with Crippen LogP contribution in [0.15, 0.2) is 43.1 Å². The lowest BCUT2D eigenvalue weighted by molar-refractivity contribution is -0.274. The highest BCUT2D eigenvalue weighted by Gasteiger charge is 2.31. The Balaban J connectivity index is 1.76. The molecule has 1 atom stereocenters. The zero-order valence-corrected chi connectivity index (χ0v) is 12.8. The second-order valence-electron chi connectivity index (χ2n) is 5.01. The molecule has 0 aliphatic rings. The Hall–Kier alpha value is -3.24. The Morgan fingerprint density at radius 2 is 1.96 bits per heavy atom. The summed E-state index contributed by atoms with van der Waals surface area (Å²) in [5.41, 5.74) is 0.521. The number of rotatable bonds is 5. The number of ketones is 1. The Morgan fingerprint density at radius 1 is 1.24 bits per heavy atom. The van der Waals surface area contributed by atoms with Gasteiger partial charge in [-0.05, 0) is 31.2 Å². The van der Waals surface area contributed by atoms with Crippen LogP contribution in [0.2, 0.25) is 0 Å². The van der Waals surface area contributed by atoms with Gasteiger partial charge in [-0.15, -0.1) is 18.3 Å². The van der Waals surface area contributed by atoms with Gasteiger partial charge in [-0.2, -0.15) is 5.10 Å². The Labute approximate surface area is 138 Å². The number of carbonyl (C=O) groups is 1. The lowest BCUT2D eigenvalue weighted by Gasteiger charge is -2.09. The van der Waals surface area contributed by atoms with Crippen molar-refractivity contribution in [3.05, 3.63) is 48.8 Å². The first-order chi connectivity index (χ1) is 11.8. The molecular formula is C14H11F3N6O2. The van der Waals surface area contributed by atoms with Crippen LogP contribution in [0.4, 0.5) is 13.2 Å². The highest BCUT2D eigenvalue weighted by Crippen LogP contribution is 2.23. The molecule has 130 valence electrons. The lowest BCUT2D eigenvalue weighted by atomic mass is 10.2. The minimum absolute atomic E-state index is 0.0959. The van der Waals surface area contributed by atoms with Crippen molar-refractivity contribution >= 4 is 5.78 Å². The Morgan fingerprint density at radius 3 is 2.56 bits per heavy atom. The summed E-state index contributed by atoms with van der Waals surface area (Å²) in [6.07, 6.45) is -0.654. The predicted molar refractivity (Wildman–Crippen MR) is 77.1 cm³/mol. The van der Waals surface area contributed by atoms with Crippen LogP contribution in [0.3, 0.4) is 0 Å². The van der Waals surface area contributed by atoms with E-state index >= 15 is 0 Å². The van der Waals surface area contributed by atoms with Gasteiger partial charge in [0.2, 0.25) is 5.78 Å². The van der Waals surface area contributed by atoms with Crippen LogP contribution >= 0.6 is 0 Å². The van der Waals surface area contributed by atoms with Crippen LogP contribution in [0.5, 0.6) is 5.75 Å². The van der Waals surface area contributed by atoms with Gasteiger partial charge in [0.25, 0.3) is 0 Å². The highest BCUT2D eigenvalue weighted by atomic mass is 19.4. The smallest absolute Gasteiger partial charge is 0.406 e. The Bertz CT molecular complexity index is 858. The average Bonchev–Trinajstić information content (AvgIpc) is 3.24. The number of halogens is 3. The molecule has 0 fully saturated rings. The van der Waals surface area contributed by atoms with Gasteiger partial charge in [0.05, 0.1) is 11.9 Å². The largest absolute Gasteiger partial charge is 0.573 e. The zero-order valence-electron chi connectivity index (χ0n) is 12.8. The number of carbonyl (C=O) groups excluding carboxylic acids is 1. The van der Waals surface area contributed by atoms with Crippen molar-refractivity contribution in [1.29, 1.82) is 0 Å². The summed E-state index contributed by atoms with van der Waals surface area (Å²) in [6, 6.07) is 4.40. The highest BCUT2D eigenvalue weighted by molar-refractivity contribution is 5.96. The van der Waals surface area contributed by atoms with E-state index in [1.165, 1.54) is 40.3 Å². The molecule has 0 saturated heterocycles. The minimum atomic E-state index is -4.76. The van der Waals surface area contributed by atoms with Gasteiger partial charge in [-0.3, -0.25) is 4.79 Å². The third-order valence-corrected chi connectivity index (χ3v) is 3.29. The first-order valence-corrected chi connectivity index (χ1v) is 7.00.